The number of aryl methyl sites for hydroxylation is 1. The minimum Gasteiger partial charge on any atom is -0.333 e. The second-order valence-corrected chi connectivity index (χ2v) is 6.36. The number of anilines is 1. The third kappa shape index (κ3) is 4.79. The SMILES string of the molecule is Cc1ccc(NC(=O)CN(C)C(=O)/C=C/c2cccc3cccnc23)cc1. The Kier molecular flexibility index (Phi) is 5.61. The van der Waals surface area contributed by atoms with E-state index in [1.54, 1.807) is 19.3 Å². The molecule has 0 fully saturated rings. The maximum Gasteiger partial charge on any atom is 0.246 e. The fourth-order valence-corrected chi connectivity index (χ4v) is 2.68. The van der Waals surface area contributed by atoms with E-state index in [2.05, 4.69) is 10.3 Å². The predicted octanol–water partition coefficient (Wildman–Crippen LogP) is 3.65. The summed E-state index contributed by atoms with van der Waals surface area (Å²) in [4.78, 5) is 30.2. The van der Waals surface area contributed by atoms with Crippen LogP contribution in [0.15, 0.2) is 66.9 Å². The van der Waals surface area contributed by atoms with Gasteiger partial charge in [0.1, 0.15) is 0 Å². The number of rotatable bonds is 5. The van der Waals surface area contributed by atoms with Gasteiger partial charge in [0.15, 0.2) is 0 Å². The highest BCUT2D eigenvalue weighted by atomic mass is 16.2. The minimum atomic E-state index is -0.248. The van der Waals surface area contributed by atoms with Crippen LogP contribution in [0.25, 0.3) is 17.0 Å². The number of amides is 2. The maximum absolute atomic E-state index is 12.3. The first-order valence-electron chi connectivity index (χ1n) is 8.66. The van der Waals surface area contributed by atoms with Crippen molar-refractivity contribution in [2.45, 2.75) is 6.92 Å². The molecule has 2 aromatic carbocycles. The Bertz CT molecular complexity index is 989. The Labute approximate surface area is 158 Å². The van der Waals surface area contributed by atoms with E-state index in [1.807, 2.05) is 61.5 Å². The van der Waals surface area contributed by atoms with Crippen LogP contribution in [-0.2, 0) is 9.59 Å². The van der Waals surface area contributed by atoms with Crippen molar-refractivity contribution in [1.82, 2.24) is 9.88 Å². The summed E-state index contributed by atoms with van der Waals surface area (Å²) in [6.07, 6.45) is 4.91. The Hall–Kier alpha value is -3.47. The van der Waals surface area contributed by atoms with Crippen molar-refractivity contribution >= 4 is 34.5 Å². The molecule has 27 heavy (non-hydrogen) atoms. The van der Waals surface area contributed by atoms with Crippen LogP contribution in [0.5, 0.6) is 0 Å². The van der Waals surface area contributed by atoms with Crippen molar-refractivity contribution in [3.63, 3.8) is 0 Å². The number of nitrogens with zero attached hydrogens (tertiary/aromatic N) is 2. The van der Waals surface area contributed by atoms with Crippen LogP contribution >= 0.6 is 0 Å². The molecule has 0 aliphatic rings. The standard InChI is InChI=1S/C22H21N3O2/c1-16-8-11-19(12-9-16)24-20(26)15-25(2)21(27)13-10-18-6-3-5-17-7-4-14-23-22(17)18/h3-14H,15H2,1-2H3,(H,24,26)/b13-10+. The van der Waals surface area contributed by atoms with E-state index in [1.165, 1.54) is 11.0 Å². The third-order valence-corrected chi connectivity index (χ3v) is 4.16. The van der Waals surface area contributed by atoms with Gasteiger partial charge in [-0.3, -0.25) is 14.6 Å². The van der Waals surface area contributed by atoms with Gasteiger partial charge in [-0.25, -0.2) is 0 Å². The summed E-state index contributed by atoms with van der Waals surface area (Å²) in [6.45, 7) is 1.96. The van der Waals surface area contributed by atoms with Crippen molar-refractivity contribution in [3.05, 3.63) is 78.0 Å². The average molecular weight is 359 g/mol. The number of carbonyl (C=O) groups is 2. The van der Waals surface area contributed by atoms with Gasteiger partial charge >= 0.3 is 0 Å². The average Bonchev–Trinajstić information content (AvgIpc) is 2.67. The molecule has 0 bridgehead atoms. The van der Waals surface area contributed by atoms with Crippen LogP contribution in [0.1, 0.15) is 11.1 Å². The largest absolute Gasteiger partial charge is 0.333 e. The maximum atomic E-state index is 12.3. The molecule has 0 saturated carbocycles. The molecule has 0 atom stereocenters. The van der Waals surface area contributed by atoms with Gasteiger partial charge in [-0.1, -0.05) is 42.0 Å². The fraction of sp³-hybridized carbons (Fsp3) is 0.136. The van der Waals surface area contributed by atoms with Crippen LogP contribution in [-0.4, -0.2) is 35.3 Å². The molecular weight excluding hydrogens is 338 g/mol. The molecule has 1 N–H and O–H groups in total. The number of para-hydroxylation sites is 1. The van der Waals surface area contributed by atoms with Crippen molar-refractivity contribution in [2.75, 3.05) is 18.9 Å². The number of fused-ring (bicyclic) bond motifs is 1. The van der Waals surface area contributed by atoms with Crippen LogP contribution in [0, 0.1) is 6.92 Å². The highest BCUT2D eigenvalue weighted by Crippen LogP contribution is 2.17. The van der Waals surface area contributed by atoms with E-state index < -0.39 is 0 Å². The molecule has 0 radical (unpaired) electrons. The number of nitrogens with one attached hydrogen (secondary N) is 1. The quantitative estimate of drug-likeness (QED) is 0.707. The first kappa shape index (κ1) is 18.3. The summed E-state index contributed by atoms with van der Waals surface area (Å²) < 4.78 is 0. The molecule has 0 spiro atoms. The van der Waals surface area contributed by atoms with E-state index >= 15 is 0 Å². The van der Waals surface area contributed by atoms with Gasteiger partial charge in [-0.2, -0.15) is 0 Å². The van der Waals surface area contributed by atoms with Crippen LogP contribution in [0.2, 0.25) is 0 Å². The molecule has 1 heterocycles. The molecule has 5 nitrogen and oxygen atoms in total. The number of hydrogen-bond acceptors (Lipinski definition) is 3. The molecule has 3 aromatic rings. The van der Waals surface area contributed by atoms with Gasteiger partial charge in [0, 0.05) is 36.0 Å². The second-order valence-electron chi connectivity index (χ2n) is 6.36. The molecule has 5 heteroatoms. The summed E-state index contributed by atoms with van der Waals surface area (Å²) in [7, 11) is 1.60. The molecule has 3 rings (SSSR count). The van der Waals surface area contributed by atoms with E-state index in [0.29, 0.717) is 5.69 Å². The number of hydrogen-bond donors (Lipinski definition) is 1. The molecule has 0 saturated heterocycles. The van der Waals surface area contributed by atoms with E-state index in [4.69, 9.17) is 0 Å². The van der Waals surface area contributed by atoms with Crippen LogP contribution < -0.4 is 5.32 Å². The van der Waals surface area contributed by atoms with Gasteiger partial charge in [-0.05, 0) is 31.2 Å². The molecule has 1 aromatic heterocycles. The summed E-state index contributed by atoms with van der Waals surface area (Å²) in [5, 5.41) is 3.80. The number of benzene rings is 2. The zero-order valence-electron chi connectivity index (χ0n) is 15.3. The van der Waals surface area contributed by atoms with Gasteiger partial charge in [-0.15, -0.1) is 0 Å². The first-order chi connectivity index (χ1) is 13.0. The fourth-order valence-electron chi connectivity index (χ4n) is 2.68. The Morgan fingerprint density at radius 3 is 2.59 bits per heavy atom. The summed E-state index contributed by atoms with van der Waals surface area (Å²) in [6, 6.07) is 17.2. The van der Waals surface area contributed by atoms with Crippen molar-refractivity contribution in [1.29, 1.82) is 0 Å². The molecule has 2 amide bonds. The smallest absolute Gasteiger partial charge is 0.246 e. The second kappa shape index (κ2) is 8.27. The Balaban J connectivity index is 1.62. The lowest BCUT2D eigenvalue weighted by Gasteiger charge is -2.15. The minimum absolute atomic E-state index is 0.0230. The molecule has 0 unspecified atom stereocenters. The van der Waals surface area contributed by atoms with Crippen molar-refractivity contribution < 1.29 is 9.59 Å². The lowest BCUT2D eigenvalue weighted by molar-refractivity contribution is -0.129. The first-order valence-corrected chi connectivity index (χ1v) is 8.66. The van der Waals surface area contributed by atoms with Gasteiger partial charge in [0.05, 0.1) is 12.1 Å². The van der Waals surface area contributed by atoms with Crippen molar-refractivity contribution in [3.8, 4) is 0 Å². The number of carbonyl (C=O) groups excluding carboxylic acids is 2. The van der Waals surface area contributed by atoms with Crippen LogP contribution in [0.4, 0.5) is 5.69 Å². The van der Waals surface area contributed by atoms with E-state index in [9.17, 15) is 9.59 Å². The summed E-state index contributed by atoms with van der Waals surface area (Å²) in [5.74, 6) is -0.489. The number of likely N-dealkylation sites (N-methyl/N-ethyl adjacent to an activating group) is 1. The molecule has 0 aliphatic heterocycles. The van der Waals surface area contributed by atoms with Gasteiger partial charge < -0.3 is 10.2 Å². The zero-order chi connectivity index (χ0) is 19.2. The van der Waals surface area contributed by atoms with Gasteiger partial charge in [0.25, 0.3) is 0 Å². The summed E-state index contributed by atoms with van der Waals surface area (Å²) in [5.41, 5.74) is 3.53. The monoisotopic (exact) mass is 359 g/mol. The van der Waals surface area contributed by atoms with Crippen LogP contribution in [0.3, 0.4) is 0 Å². The zero-order valence-corrected chi connectivity index (χ0v) is 15.3. The Morgan fingerprint density at radius 1 is 1.07 bits per heavy atom. The normalized spacial score (nSPS) is 10.9. The highest BCUT2D eigenvalue weighted by molar-refractivity contribution is 5.99. The lowest BCUT2D eigenvalue weighted by atomic mass is 10.1. The van der Waals surface area contributed by atoms with E-state index in [-0.39, 0.29) is 18.4 Å². The van der Waals surface area contributed by atoms with Gasteiger partial charge in [0.2, 0.25) is 11.8 Å². The third-order valence-electron chi connectivity index (χ3n) is 4.16. The number of pyridine rings is 1. The summed E-state index contributed by atoms with van der Waals surface area (Å²) >= 11 is 0. The molecule has 136 valence electrons. The molecule has 0 aliphatic carbocycles. The number of aromatic nitrogens is 1. The molecular formula is C22H21N3O2. The topological polar surface area (TPSA) is 62.3 Å². The van der Waals surface area contributed by atoms with Crippen molar-refractivity contribution in [2.24, 2.45) is 0 Å². The van der Waals surface area contributed by atoms with E-state index in [0.717, 1.165) is 22.0 Å². The lowest BCUT2D eigenvalue weighted by Crippen LogP contribution is -2.33. The predicted molar refractivity (Wildman–Crippen MR) is 108 cm³/mol. The Morgan fingerprint density at radius 2 is 1.81 bits per heavy atom. The highest BCUT2D eigenvalue weighted by Gasteiger charge is 2.11.